The monoisotopic (exact) mass is 429 g/mol. The molecule has 166 valence electrons. The van der Waals surface area contributed by atoms with E-state index in [2.05, 4.69) is 52.3 Å². The molecule has 2 aromatic carbocycles. The molecule has 1 saturated heterocycles. The average molecular weight is 430 g/mol. The van der Waals surface area contributed by atoms with Crippen LogP contribution in [0.4, 0.5) is 0 Å². The third-order valence-electron chi connectivity index (χ3n) is 6.35. The summed E-state index contributed by atoms with van der Waals surface area (Å²) in [7, 11) is 5.41. The van der Waals surface area contributed by atoms with E-state index in [0.29, 0.717) is 0 Å². The number of likely N-dealkylation sites (tertiary alicyclic amines) is 1. The van der Waals surface area contributed by atoms with Gasteiger partial charge in [0.25, 0.3) is 0 Å². The van der Waals surface area contributed by atoms with Crippen molar-refractivity contribution in [3.63, 3.8) is 0 Å². The minimum atomic E-state index is -0.397. The Morgan fingerprint density at radius 3 is 2.38 bits per heavy atom. The minimum Gasteiger partial charge on any atom is -0.497 e. The lowest BCUT2D eigenvalue weighted by Crippen LogP contribution is -2.43. The molecule has 3 aromatic rings. The first-order valence-electron chi connectivity index (χ1n) is 11.1. The molecule has 0 saturated carbocycles. The van der Waals surface area contributed by atoms with Crippen molar-refractivity contribution in [2.24, 2.45) is 5.41 Å². The van der Waals surface area contributed by atoms with Crippen molar-refractivity contribution in [1.29, 1.82) is 0 Å². The topological polar surface area (TPSA) is 45.7 Å². The fourth-order valence-electron chi connectivity index (χ4n) is 4.69. The number of nitrogens with zero attached hydrogens (tertiary/aromatic N) is 3. The maximum absolute atomic E-state index is 13.3. The van der Waals surface area contributed by atoms with Gasteiger partial charge in [0.1, 0.15) is 5.75 Å². The second kappa shape index (κ2) is 9.53. The first kappa shape index (κ1) is 22.0. The number of aromatic nitrogens is 1. The minimum absolute atomic E-state index is 0.214. The Morgan fingerprint density at radius 1 is 1.03 bits per heavy atom. The van der Waals surface area contributed by atoms with Crippen molar-refractivity contribution in [2.45, 2.75) is 19.4 Å². The number of benzene rings is 2. The summed E-state index contributed by atoms with van der Waals surface area (Å²) < 4.78 is 5.27. The number of carbonyl (C=O) groups excluding carboxylic acids is 1. The van der Waals surface area contributed by atoms with Crippen LogP contribution in [0.1, 0.15) is 17.5 Å². The first-order valence-corrected chi connectivity index (χ1v) is 11.1. The summed E-state index contributed by atoms with van der Waals surface area (Å²) in [4.78, 5) is 21.7. The number of hydrogen-bond acceptors (Lipinski definition) is 4. The van der Waals surface area contributed by atoms with E-state index in [-0.39, 0.29) is 5.91 Å². The highest BCUT2D eigenvalue weighted by atomic mass is 16.5. The van der Waals surface area contributed by atoms with Crippen molar-refractivity contribution in [2.75, 3.05) is 34.3 Å². The molecule has 1 unspecified atom stereocenters. The van der Waals surface area contributed by atoms with Gasteiger partial charge in [0, 0.05) is 39.6 Å². The summed E-state index contributed by atoms with van der Waals surface area (Å²) in [5.41, 5.74) is 4.28. The molecular weight excluding hydrogens is 398 g/mol. The molecule has 5 heteroatoms. The van der Waals surface area contributed by atoms with E-state index in [1.165, 1.54) is 11.1 Å². The zero-order valence-electron chi connectivity index (χ0n) is 19.1. The molecule has 0 spiro atoms. The first-order chi connectivity index (χ1) is 15.5. The number of rotatable bonds is 7. The Labute approximate surface area is 190 Å². The highest BCUT2D eigenvalue weighted by Crippen LogP contribution is 2.37. The smallest absolute Gasteiger partial charge is 0.229 e. The van der Waals surface area contributed by atoms with Gasteiger partial charge in [-0.1, -0.05) is 42.5 Å². The summed E-state index contributed by atoms with van der Waals surface area (Å²) in [6, 6.07) is 20.8. The molecule has 0 radical (unpaired) electrons. The molecule has 32 heavy (non-hydrogen) atoms. The van der Waals surface area contributed by atoms with Crippen molar-refractivity contribution < 1.29 is 9.53 Å². The molecular formula is C27H31N3O2. The van der Waals surface area contributed by atoms with Gasteiger partial charge in [0.15, 0.2) is 0 Å². The lowest BCUT2D eigenvalue weighted by atomic mass is 9.79. The predicted octanol–water partition coefficient (Wildman–Crippen LogP) is 4.28. The molecule has 1 aliphatic rings. The number of carbonyl (C=O) groups is 1. The second-order valence-electron chi connectivity index (χ2n) is 8.90. The van der Waals surface area contributed by atoms with Crippen LogP contribution in [-0.2, 0) is 17.8 Å². The van der Waals surface area contributed by atoms with E-state index in [9.17, 15) is 4.79 Å². The quantitative estimate of drug-likeness (QED) is 0.562. The summed E-state index contributed by atoms with van der Waals surface area (Å²) in [6.07, 6.45) is 5.27. The van der Waals surface area contributed by atoms with E-state index in [4.69, 9.17) is 4.74 Å². The van der Waals surface area contributed by atoms with E-state index < -0.39 is 5.41 Å². The van der Waals surface area contributed by atoms with E-state index in [0.717, 1.165) is 49.4 Å². The molecule has 1 fully saturated rings. The van der Waals surface area contributed by atoms with Gasteiger partial charge in [-0.25, -0.2) is 0 Å². The zero-order chi connectivity index (χ0) is 22.6. The zero-order valence-corrected chi connectivity index (χ0v) is 19.1. The SMILES string of the molecule is COc1ccc(CN2CCC(Cc3ccc(-c4cccnc4)cc3)(C(=O)N(C)C)C2)cc1. The summed E-state index contributed by atoms with van der Waals surface area (Å²) in [6.45, 7) is 2.52. The average Bonchev–Trinajstić information content (AvgIpc) is 3.23. The molecule has 0 aliphatic carbocycles. The van der Waals surface area contributed by atoms with Crippen molar-refractivity contribution in [1.82, 2.24) is 14.8 Å². The lowest BCUT2D eigenvalue weighted by molar-refractivity contribution is -0.138. The van der Waals surface area contributed by atoms with Crippen molar-refractivity contribution >= 4 is 5.91 Å². The number of methoxy groups -OCH3 is 1. The maximum atomic E-state index is 13.3. The van der Waals surface area contributed by atoms with Crippen LogP contribution in [0.15, 0.2) is 73.1 Å². The number of ether oxygens (including phenoxy) is 1. The molecule has 1 aromatic heterocycles. The van der Waals surface area contributed by atoms with E-state index in [1.807, 2.05) is 38.5 Å². The predicted molar refractivity (Wildman–Crippen MR) is 127 cm³/mol. The summed E-state index contributed by atoms with van der Waals surface area (Å²) in [5.74, 6) is 1.08. The molecule has 5 nitrogen and oxygen atoms in total. The Bertz CT molecular complexity index is 1030. The van der Waals surface area contributed by atoms with Gasteiger partial charge in [0.05, 0.1) is 12.5 Å². The van der Waals surface area contributed by atoms with Crippen LogP contribution in [0.3, 0.4) is 0 Å². The van der Waals surface area contributed by atoms with E-state index in [1.54, 1.807) is 18.2 Å². The largest absolute Gasteiger partial charge is 0.497 e. The van der Waals surface area contributed by atoms with Crippen LogP contribution < -0.4 is 4.74 Å². The summed E-state index contributed by atoms with van der Waals surface area (Å²) >= 11 is 0. The molecule has 4 rings (SSSR count). The molecule has 0 bridgehead atoms. The fraction of sp³-hybridized carbons (Fsp3) is 0.333. The standard InChI is InChI=1S/C27H31N3O2/c1-29(2)26(31)27(14-16-30(20-27)19-22-8-12-25(32-3)13-9-22)17-21-6-10-23(11-7-21)24-5-4-15-28-18-24/h4-13,15,18H,14,16-17,19-20H2,1-3H3. The van der Waals surface area contributed by atoms with Crippen LogP contribution in [0.2, 0.25) is 0 Å². The second-order valence-corrected chi connectivity index (χ2v) is 8.90. The maximum Gasteiger partial charge on any atom is 0.229 e. The van der Waals surface area contributed by atoms with Gasteiger partial charge in [-0.15, -0.1) is 0 Å². The van der Waals surface area contributed by atoms with Crippen LogP contribution in [-0.4, -0.2) is 55.0 Å². The fourth-order valence-corrected chi connectivity index (χ4v) is 4.69. The van der Waals surface area contributed by atoms with Crippen LogP contribution in [0.25, 0.3) is 11.1 Å². The third kappa shape index (κ3) is 4.83. The highest BCUT2D eigenvalue weighted by molar-refractivity contribution is 5.83. The van der Waals surface area contributed by atoms with Gasteiger partial charge >= 0.3 is 0 Å². The van der Waals surface area contributed by atoms with Gasteiger partial charge in [-0.2, -0.15) is 0 Å². The van der Waals surface area contributed by atoms with Crippen LogP contribution in [0.5, 0.6) is 5.75 Å². The van der Waals surface area contributed by atoms with Gasteiger partial charge in [0.2, 0.25) is 5.91 Å². The third-order valence-corrected chi connectivity index (χ3v) is 6.35. The Kier molecular flexibility index (Phi) is 6.56. The van der Waals surface area contributed by atoms with Gasteiger partial charge in [-0.05, 0) is 59.8 Å². The highest BCUT2D eigenvalue weighted by Gasteiger charge is 2.45. The number of amides is 1. The normalized spacial score (nSPS) is 18.5. The van der Waals surface area contributed by atoms with Crippen LogP contribution >= 0.6 is 0 Å². The van der Waals surface area contributed by atoms with Crippen molar-refractivity contribution in [3.05, 3.63) is 84.2 Å². The summed E-state index contributed by atoms with van der Waals surface area (Å²) in [5, 5.41) is 0. The van der Waals surface area contributed by atoms with E-state index >= 15 is 0 Å². The Hall–Kier alpha value is -3.18. The van der Waals surface area contributed by atoms with Crippen molar-refractivity contribution in [3.8, 4) is 16.9 Å². The van der Waals surface area contributed by atoms with Gasteiger partial charge < -0.3 is 9.64 Å². The molecule has 1 atom stereocenters. The van der Waals surface area contributed by atoms with Gasteiger partial charge in [-0.3, -0.25) is 14.7 Å². The molecule has 1 aliphatic heterocycles. The number of pyridine rings is 1. The van der Waals surface area contributed by atoms with Crippen LogP contribution in [0, 0.1) is 5.41 Å². The molecule has 0 N–H and O–H groups in total. The molecule has 1 amide bonds. The molecule has 2 heterocycles. The Morgan fingerprint density at radius 2 is 1.75 bits per heavy atom. The number of hydrogen-bond donors (Lipinski definition) is 0. The lowest BCUT2D eigenvalue weighted by Gasteiger charge is -2.31. The Balaban J connectivity index is 1.50.